The molecule has 0 aliphatic heterocycles. The molecule has 0 saturated carbocycles. The summed E-state index contributed by atoms with van der Waals surface area (Å²) in [6.07, 6.45) is 1.79. The lowest BCUT2D eigenvalue weighted by atomic mass is 10.0. The molecule has 0 radical (unpaired) electrons. The van der Waals surface area contributed by atoms with E-state index in [9.17, 15) is 0 Å². The highest BCUT2D eigenvalue weighted by Gasteiger charge is 2.19. The number of rotatable bonds is 4. The Morgan fingerprint density at radius 1 is 1.39 bits per heavy atom. The average Bonchev–Trinajstić information content (AvgIpc) is 2.73. The van der Waals surface area contributed by atoms with Crippen molar-refractivity contribution in [1.82, 2.24) is 20.3 Å². The van der Waals surface area contributed by atoms with Gasteiger partial charge >= 0.3 is 0 Å². The molecule has 0 amide bonds. The second-order valence-corrected chi connectivity index (χ2v) is 5.71. The summed E-state index contributed by atoms with van der Waals surface area (Å²) < 4.78 is 3.91. The SMILES string of the molecule is CCNC(c1ccc(Br)cc1Br)c1cnnn1C. The summed E-state index contributed by atoms with van der Waals surface area (Å²) in [4.78, 5) is 0. The van der Waals surface area contributed by atoms with E-state index in [2.05, 4.69) is 60.5 Å². The van der Waals surface area contributed by atoms with Crippen LogP contribution in [0.4, 0.5) is 0 Å². The normalized spacial score (nSPS) is 12.7. The summed E-state index contributed by atoms with van der Waals surface area (Å²) in [6, 6.07) is 6.25. The lowest BCUT2D eigenvalue weighted by molar-refractivity contribution is 0.567. The Morgan fingerprint density at radius 3 is 2.72 bits per heavy atom. The molecule has 1 atom stereocenters. The van der Waals surface area contributed by atoms with Crippen molar-refractivity contribution < 1.29 is 0 Å². The first-order valence-electron chi connectivity index (χ1n) is 5.66. The predicted octanol–water partition coefficient (Wildman–Crippen LogP) is 3.04. The van der Waals surface area contributed by atoms with E-state index in [0.29, 0.717) is 0 Å². The quantitative estimate of drug-likeness (QED) is 0.895. The van der Waals surface area contributed by atoms with Crippen molar-refractivity contribution in [2.75, 3.05) is 6.54 Å². The molecule has 2 rings (SSSR count). The van der Waals surface area contributed by atoms with E-state index in [1.807, 2.05) is 19.2 Å². The van der Waals surface area contributed by atoms with Gasteiger partial charge in [-0.2, -0.15) is 0 Å². The number of hydrogen-bond acceptors (Lipinski definition) is 3. The van der Waals surface area contributed by atoms with Gasteiger partial charge in [0.1, 0.15) is 0 Å². The van der Waals surface area contributed by atoms with Crippen LogP contribution >= 0.6 is 31.9 Å². The van der Waals surface area contributed by atoms with Crippen LogP contribution in [0.15, 0.2) is 33.3 Å². The number of aryl methyl sites for hydroxylation is 1. The van der Waals surface area contributed by atoms with Gasteiger partial charge in [0, 0.05) is 16.0 Å². The third kappa shape index (κ3) is 2.81. The third-order valence-electron chi connectivity index (χ3n) is 2.73. The zero-order chi connectivity index (χ0) is 13.1. The van der Waals surface area contributed by atoms with Crippen molar-refractivity contribution in [3.63, 3.8) is 0 Å². The molecule has 1 aromatic carbocycles. The molecule has 4 nitrogen and oxygen atoms in total. The molecule has 1 aromatic heterocycles. The van der Waals surface area contributed by atoms with E-state index >= 15 is 0 Å². The fourth-order valence-corrected chi connectivity index (χ4v) is 3.15. The van der Waals surface area contributed by atoms with Crippen molar-refractivity contribution in [2.45, 2.75) is 13.0 Å². The maximum atomic E-state index is 3.99. The van der Waals surface area contributed by atoms with Gasteiger partial charge < -0.3 is 5.32 Å². The van der Waals surface area contributed by atoms with Gasteiger partial charge in [-0.15, -0.1) is 5.10 Å². The van der Waals surface area contributed by atoms with Gasteiger partial charge in [-0.1, -0.05) is 50.1 Å². The van der Waals surface area contributed by atoms with Crippen molar-refractivity contribution in [1.29, 1.82) is 0 Å². The van der Waals surface area contributed by atoms with E-state index in [-0.39, 0.29) is 6.04 Å². The van der Waals surface area contributed by atoms with Gasteiger partial charge in [0.15, 0.2) is 0 Å². The van der Waals surface area contributed by atoms with Crippen LogP contribution in [0, 0.1) is 0 Å². The fraction of sp³-hybridized carbons (Fsp3) is 0.333. The molecule has 96 valence electrons. The van der Waals surface area contributed by atoms with E-state index in [1.165, 1.54) is 5.56 Å². The second kappa shape index (κ2) is 5.95. The minimum atomic E-state index is 0.0810. The third-order valence-corrected chi connectivity index (χ3v) is 3.91. The van der Waals surface area contributed by atoms with Crippen LogP contribution in [-0.4, -0.2) is 21.5 Å². The molecule has 2 aromatic rings. The van der Waals surface area contributed by atoms with Crippen molar-refractivity contribution in [3.8, 4) is 0 Å². The van der Waals surface area contributed by atoms with E-state index in [1.54, 1.807) is 10.9 Å². The molecule has 0 aliphatic carbocycles. The van der Waals surface area contributed by atoms with Gasteiger partial charge in [-0.3, -0.25) is 4.68 Å². The minimum absolute atomic E-state index is 0.0810. The molecule has 0 aliphatic rings. The molecule has 0 saturated heterocycles. The zero-order valence-electron chi connectivity index (χ0n) is 10.2. The summed E-state index contributed by atoms with van der Waals surface area (Å²) >= 11 is 7.08. The number of benzene rings is 1. The highest BCUT2D eigenvalue weighted by atomic mass is 79.9. The van der Waals surface area contributed by atoms with Gasteiger partial charge in [0.25, 0.3) is 0 Å². The fourth-order valence-electron chi connectivity index (χ4n) is 1.87. The van der Waals surface area contributed by atoms with Gasteiger partial charge in [-0.25, -0.2) is 0 Å². The average molecular weight is 374 g/mol. The van der Waals surface area contributed by atoms with Crippen LogP contribution in [0.1, 0.15) is 24.2 Å². The number of hydrogen-bond donors (Lipinski definition) is 1. The molecule has 0 fully saturated rings. The highest BCUT2D eigenvalue weighted by Crippen LogP contribution is 2.30. The number of nitrogens with zero attached hydrogens (tertiary/aromatic N) is 3. The Balaban J connectivity index is 2.45. The van der Waals surface area contributed by atoms with Crippen molar-refractivity contribution in [2.24, 2.45) is 7.05 Å². The van der Waals surface area contributed by atoms with Crippen LogP contribution < -0.4 is 5.32 Å². The molecule has 1 unspecified atom stereocenters. The molecule has 1 heterocycles. The summed E-state index contributed by atoms with van der Waals surface area (Å²) in [5.41, 5.74) is 2.21. The van der Waals surface area contributed by atoms with Crippen molar-refractivity contribution in [3.05, 3.63) is 44.6 Å². The summed E-state index contributed by atoms with van der Waals surface area (Å²) in [7, 11) is 1.90. The van der Waals surface area contributed by atoms with E-state index < -0.39 is 0 Å². The Labute approximate surface area is 123 Å². The van der Waals surface area contributed by atoms with E-state index in [0.717, 1.165) is 21.2 Å². The van der Waals surface area contributed by atoms with Crippen LogP contribution in [0.5, 0.6) is 0 Å². The number of nitrogens with one attached hydrogen (secondary N) is 1. The minimum Gasteiger partial charge on any atom is -0.305 e. The van der Waals surface area contributed by atoms with Crippen LogP contribution in [-0.2, 0) is 7.05 Å². The molecular formula is C12H14Br2N4. The molecule has 18 heavy (non-hydrogen) atoms. The molecule has 6 heteroatoms. The first kappa shape index (κ1) is 13.7. The largest absolute Gasteiger partial charge is 0.305 e. The zero-order valence-corrected chi connectivity index (χ0v) is 13.4. The summed E-state index contributed by atoms with van der Waals surface area (Å²) in [6.45, 7) is 2.96. The summed E-state index contributed by atoms with van der Waals surface area (Å²) in [5.74, 6) is 0. The first-order valence-corrected chi connectivity index (χ1v) is 7.25. The second-order valence-electron chi connectivity index (χ2n) is 3.94. The summed E-state index contributed by atoms with van der Waals surface area (Å²) in [5, 5.41) is 11.4. The first-order chi connectivity index (χ1) is 8.63. The Morgan fingerprint density at radius 2 is 2.17 bits per heavy atom. The smallest absolute Gasteiger partial charge is 0.0799 e. The van der Waals surface area contributed by atoms with Gasteiger partial charge in [0.2, 0.25) is 0 Å². The Hall–Kier alpha value is -0.720. The lowest BCUT2D eigenvalue weighted by Crippen LogP contribution is -2.24. The van der Waals surface area contributed by atoms with Crippen LogP contribution in [0.2, 0.25) is 0 Å². The molecular weight excluding hydrogens is 360 g/mol. The monoisotopic (exact) mass is 372 g/mol. The van der Waals surface area contributed by atoms with Gasteiger partial charge in [0.05, 0.1) is 17.9 Å². The Kier molecular flexibility index (Phi) is 4.53. The number of aromatic nitrogens is 3. The lowest BCUT2D eigenvalue weighted by Gasteiger charge is -2.19. The maximum absolute atomic E-state index is 3.99. The van der Waals surface area contributed by atoms with Gasteiger partial charge in [-0.05, 0) is 24.2 Å². The maximum Gasteiger partial charge on any atom is 0.0799 e. The Bertz CT molecular complexity index is 539. The van der Waals surface area contributed by atoms with Crippen molar-refractivity contribution >= 4 is 31.9 Å². The van der Waals surface area contributed by atoms with E-state index in [4.69, 9.17) is 0 Å². The van der Waals surface area contributed by atoms with Crippen LogP contribution in [0.25, 0.3) is 0 Å². The molecule has 0 spiro atoms. The molecule has 1 N–H and O–H groups in total. The van der Waals surface area contributed by atoms with Crippen LogP contribution in [0.3, 0.4) is 0 Å². The standard InChI is InChI=1S/C12H14Br2N4/c1-3-15-12(11-7-16-17-18(11)2)9-5-4-8(13)6-10(9)14/h4-7,12,15H,3H2,1-2H3. The predicted molar refractivity (Wildman–Crippen MR) is 78.4 cm³/mol. The highest BCUT2D eigenvalue weighted by molar-refractivity contribution is 9.11. The topological polar surface area (TPSA) is 42.7 Å². The number of halogens is 2. The molecule has 0 bridgehead atoms.